The number of halogens is 1. The summed E-state index contributed by atoms with van der Waals surface area (Å²) in [5.74, 6) is 2.61. The van der Waals surface area contributed by atoms with E-state index in [0.29, 0.717) is 6.04 Å². The molecule has 0 radical (unpaired) electrons. The Bertz CT molecular complexity index is 507. The first-order valence-electron chi connectivity index (χ1n) is 10.8. The fourth-order valence-electron chi connectivity index (χ4n) is 4.38. The quantitative estimate of drug-likeness (QED) is 0.342. The van der Waals surface area contributed by atoms with E-state index in [1.54, 1.807) is 6.92 Å². The van der Waals surface area contributed by atoms with Crippen LogP contribution in [0.15, 0.2) is 4.99 Å². The smallest absolute Gasteiger partial charge is 0.219 e. The van der Waals surface area contributed by atoms with Crippen molar-refractivity contribution in [1.82, 2.24) is 20.4 Å². The highest BCUT2D eigenvalue weighted by Crippen LogP contribution is 2.27. The summed E-state index contributed by atoms with van der Waals surface area (Å²) < 4.78 is 0. The molecule has 2 unspecified atom stereocenters. The van der Waals surface area contributed by atoms with Crippen LogP contribution in [-0.4, -0.2) is 72.5 Å². The van der Waals surface area contributed by atoms with Crippen molar-refractivity contribution >= 4 is 35.8 Å². The highest BCUT2D eigenvalue weighted by atomic mass is 127. The summed E-state index contributed by atoms with van der Waals surface area (Å²) in [6, 6.07) is 0.386. The largest absolute Gasteiger partial charge is 0.357 e. The van der Waals surface area contributed by atoms with Crippen LogP contribution in [0.3, 0.4) is 0 Å². The third-order valence-corrected chi connectivity index (χ3v) is 5.97. The molecule has 0 aromatic carbocycles. The molecular weight excluding hydrogens is 465 g/mol. The van der Waals surface area contributed by atoms with Gasteiger partial charge in [-0.2, -0.15) is 0 Å². The van der Waals surface area contributed by atoms with Gasteiger partial charge in [0, 0.05) is 51.2 Å². The zero-order valence-corrected chi connectivity index (χ0v) is 21.1. The van der Waals surface area contributed by atoms with Gasteiger partial charge < -0.3 is 15.5 Å². The first-order chi connectivity index (χ1) is 12.7. The van der Waals surface area contributed by atoms with Crippen LogP contribution in [0.2, 0.25) is 0 Å². The zero-order valence-electron chi connectivity index (χ0n) is 18.8. The molecule has 28 heavy (non-hydrogen) atoms. The fourth-order valence-corrected chi connectivity index (χ4v) is 4.38. The van der Waals surface area contributed by atoms with Crippen molar-refractivity contribution in [3.8, 4) is 0 Å². The molecule has 2 aliphatic heterocycles. The number of amides is 1. The van der Waals surface area contributed by atoms with Crippen LogP contribution in [0.4, 0.5) is 0 Å². The third kappa shape index (κ3) is 7.69. The fraction of sp³-hybridized carbons (Fsp3) is 0.905. The molecule has 2 heterocycles. The van der Waals surface area contributed by atoms with E-state index in [2.05, 4.69) is 50.2 Å². The van der Waals surface area contributed by atoms with Crippen LogP contribution >= 0.6 is 24.0 Å². The summed E-state index contributed by atoms with van der Waals surface area (Å²) in [5, 5.41) is 6.99. The predicted molar refractivity (Wildman–Crippen MR) is 128 cm³/mol. The van der Waals surface area contributed by atoms with Gasteiger partial charge in [-0.05, 0) is 51.9 Å². The number of nitrogens with zero attached hydrogens (tertiary/aromatic N) is 3. The van der Waals surface area contributed by atoms with Crippen molar-refractivity contribution in [1.29, 1.82) is 0 Å². The normalized spacial score (nSPS) is 25.2. The lowest BCUT2D eigenvalue weighted by Crippen LogP contribution is -2.53. The topological polar surface area (TPSA) is 60.0 Å². The Kier molecular flexibility index (Phi) is 10.5. The lowest BCUT2D eigenvalue weighted by molar-refractivity contribution is -0.129. The molecule has 7 heteroatoms. The van der Waals surface area contributed by atoms with E-state index in [-0.39, 0.29) is 35.4 Å². The number of guanidine groups is 1. The molecular formula is C21H42IN5O. The number of hydrogen-bond donors (Lipinski definition) is 2. The summed E-state index contributed by atoms with van der Waals surface area (Å²) in [4.78, 5) is 21.0. The van der Waals surface area contributed by atoms with Crippen molar-refractivity contribution in [2.24, 2.45) is 16.8 Å². The first kappa shape index (κ1) is 25.5. The van der Waals surface area contributed by atoms with Crippen molar-refractivity contribution in [3.63, 3.8) is 0 Å². The molecule has 1 amide bonds. The minimum absolute atomic E-state index is 0. The van der Waals surface area contributed by atoms with Gasteiger partial charge in [0.25, 0.3) is 0 Å². The van der Waals surface area contributed by atoms with Crippen molar-refractivity contribution < 1.29 is 4.79 Å². The molecule has 0 saturated carbocycles. The molecule has 164 valence electrons. The van der Waals surface area contributed by atoms with Crippen LogP contribution in [0.5, 0.6) is 0 Å². The average Bonchev–Trinajstić information content (AvgIpc) is 2.59. The van der Waals surface area contributed by atoms with Gasteiger partial charge in [-0.1, -0.05) is 13.8 Å². The minimum Gasteiger partial charge on any atom is -0.357 e. The van der Waals surface area contributed by atoms with Gasteiger partial charge in [-0.15, -0.1) is 24.0 Å². The molecule has 0 aromatic rings. The summed E-state index contributed by atoms with van der Waals surface area (Å²) >= 11 is 0. The maximum absolute atomic E-state index is 11.5. The summed E-state index contributed by atoms with van der Waals surface area (Å²) in [6.45, 7) is 18.8. The van der Waals surface area contributed by atoms with E-state index in [1.807, 2.05) is 4.90 Å². The van der Waals surface area contributed by atoms with Crippen LogP contribution < -0.4 is 10.6 Å². The van der Waals surface area contributed by atoms with E-state index in [1.165, 1.54) is 19.5 Å². The highest BCUT2D eigenvalue weighted by Gasteiger charge is 2.32. The molecule has 2 aliphatic rings. The Morgan fingerprint density at radius 2 is 1.71 bits per heavy atom. The lowest BCUT2D eigenvalue weighted by atomic mass is 9.88. The van der Waals surface area contributed by atoms with E-state index < -0.39 is 0 Å². The number of carbonyl (C=O) groups is 1. The molecule has 0 aromatic heterocycles. The Balaban J connectivity index is 0.00000392. The molecule has 2 saturated heterocycles. The summed E-state index contributed by atoms with van der Waals surface area (Å²) in [5.41, 5.74) is 0.0588. The van der Waals surface area contributed by atoms with Crippen molar-refractivity contribution in [2.75, 3.05) is 39.3 Å². The maximum atomic E-state index is 11.5. The summed E-state index contributed by atoms with van der Waals surface area (Å²) in [7, 11) is 0. The molecule has 2 atom stereocenters. The molecule has 0 bridgehead atoms. The molecule has 2 rings (SSSR count). The van der Waals surface area contributed by atoms with Crippen molar-refractivity contribution in [2.45, 2.75) is 72.4 Å². The Labute approximate surface area is 189 Å². The number of piperidine rings is 2. The number of carbonyl (C=O) groups excluding carboxylic acids is 1. The number of rotatable bonds is 5. The second-order valence-electron chi connectivity index (χ2n) is 9.28. The number of aliphatic imine (C=N–C) groups is 1. The molecule has 6 nitrogen and oxygen atoms in total. The van der Waals surface area contributed by atoms with Gasteiger partial charge >= 0.3 is 0 Å². The molecule has 2 fully saturated rings. The SMILES string of the molecule is CCNC(=NCC(C)(C)N1CC(C)CC(C)C1)NC1CCN(C(C)=O)CC1.I. The molecule has 0 aliphatic carbocycles. The zero-order chi connectivity index (χ0) is 20.0. The van der Waals surface area contributed by atoms with Gasteiger partial charge in [0.1, 0.15) is 0 Å². The van der Waals surface area contributed by atoms with E-state index in [4.69, 9.17) is 4.99 Å². The second-order valence-corrected chi connectivity index (χ2v) is 9.28. The van der Waals surface area contributed by atoms with Crippen molar-refractivity contribution in [3.05, 3.63) is 0 Å². The summed E-state index contributed by atoms with van der Waals surface area (Å²) in [6.07, 6.45) is 3.29. The standard InChI is InChI=1S/C21H41N5O.HI/c1-7-22-20(24-19-8-10-25(11-9-19)18(4)27)23-15-21(5,6)26-13-16(2)12-17(3)14-26;/h16-17,19H,7-15H2,1-6H3,(H2,22,23,24);1H. The van der Waals surface area contributed by atoms with Gasteiger partial charge in [-0.25, -0.2) is 0 Å². The minimum atomic E-state index is 0. The highest BCUT2D eigenvalue weighted by molar-refractivity contribution is 14.0. The monoisotopic (exact) mass is 507 g/mol. The Morgan fingerprint density at radius 1 is 1.14 bits per heavy atom. The Morgan fingerprint density at radius 3 is 2.21 bits per heavy atom. The second kappa shape index (κ2) is 11.6. The number of hydrogen-bond acceptors (Lipinski definition) is 3. The number of nitrogens with one attached hydrogen (secondary N) is 2. The molecule has 0 spiro atoms. The lowest BCUT2D eigenvalue weighted by Gasteiger charge is -2.44. The van der Waals surface area contributed by atoms with Crippen LogP contribution in [-0.2, 0) is 4.79 Å². The van der Waals surface area contributed by atoms with Crippen LogP contribution in [0.25, 0.3) is 0 Å². The maximum Gasteiger partial charge on any atom is 0.219 e. The number of likely N-dealkylation sites (tertiary alicyclic amines) is 2. The van der Waals surface area contributed by atoms with Crippen LogP contribution in [0, 0.1) is 11.8 Å². The van der Waals surface area contributed by atoms with Gasteiger partial charge in [-0.3, -0.25) is 14.7 Å². The van der Waals surface area contributed by atoms with E-state index in [9.17, 15) is 4.79 Å². The Hall–Kier alpha value is -0.570. The third-order valence-electron chi connectivity index (χ3n) is 5.97. The van der Waals surface area contributed by atoms with E-state index >= 15 is 0 Å². The van der Waals surface area contributed by atoms with Gasteiger partial charge in [0.05, 0.1) is 6.54 Å². The molecule has 2 N–H and O–H groups in total. The van der Waals surface area contributed by atoms with Gasteiger partial charge in [0.2, 0.25) is 5.91 Å². The predicted octanol–water partition coefficient (Wildman–Crippen LogP) is 2.93. The first-order valence-corrected chi connectivity index (χ1v) is 10.8. The van der Waals surface area contributed by atoms with Gasteiger partial charge in [0.15, 0.2) is 5.96 Å². The van der Waals surface area contributed by atoms with E-state index in [0.717, 1.165) is 56.8 Å². The van der Waals surface area contributed by atoms with Crippen LogP contribution in [0.1, 0.15) is 60.8 Å². The average molecular weight is 508 g/mol.